The Morgan fingerprint density at radius 1 is 0.439 bits per heavy atom. The molecule has 0 N–H and O–H groups in total. The van der Waals surface area contributed by atoms with Crippen LogP contribution in [0.5, 0.6) is 0 Å². The second-order valence-electron chi connectivity index (χ2n) is 13.6. The molecule has 0 radical (unpaired) electrons. The fraction of sp³-hybridized carbons (Fsp3) is 0. The quantitative estimate of drug-likeness (QED) is 0.114. The normalized spacial score (nSPS) is 11.3. The van der Waals surface area contributed by atoms with Crippen LogP contribution in [-0.2, 0) is 0 Å². The Kier molecular flexibility index (Phi) is 8.23. The third-order valence-corrected chi connectivity index (χ3v) is 10.1. The molecule has 9 nitrogen and oxygen atoms in total. The Balaban J connectivity index is 1.24. The monoisotopic (exact) mass is 737 g/mol. The van der Waals surface area contributed by atoms with Gasteiger partial charge >= 0.3 is 0 Å². The highest BCUT2D eigenvalue weighted by molar-refractivity contribution is 6.10. The van der Waals surface area contributed by atoms with E-state index < -0.39 is 0 Å². The molecule has 0 aliphatic carbocycles. The van der Waals surface area contributed by atoms with Crippen LogP contribution in [-0.4, -0.2) is 34.0 Å². The predicted octanol–water partition coefficient (Wildman–Crippen LogP) is 11.4. The van der Waals surface area contributed by atoms with Crippen LogP contribution in [0.15, 0.2) is 188 Å². The van der Waals surface area contributed by atoms with Gasteiger partial charge in [0.2, 0.25) is 0 Å². The SMILES string of the molecule is O=[N+]([O-])c1ccccc1-c1ccc2c(c1)c1c(nc(-c3ccccc3)n1-c1ccccc1)n2-c1cccc(-c2nc(-c3ccccc3)nc(-c3ccccc3)n2)c1. The maximum atomic E-state index is 12.2. The average molecular weight is 738 g/mol. The van der Waals surface area contributed by atoms with Crippen molar-refractivity contribution >= 4 is 27.8 Å². The van der Waals surface area contributed by atoms with E-state index in [4.69, 9.17) is 19.9 Å². The largest absolute Gasteiger partial charge is 0.293 e. The van der Waals surface area contributed by atoms with E-state index in [-0.39, 0.29) is 10.6 Å². The number of aromatic nitrogens is 6. The van der Waals surface area contributed by atoms with Crippen LogP contribution >= 0.6 is 0 Å². The molecule has 0 fully saturated rings. The van der Waals surface area contributed by atoms with Crippen molar-refractivity contribution in [3.05, 3.63) is 198 Å². The summed E-state index contributed by atoms with van der Waals surface area (Å²) in [6.07, 6.45) is 0. The first-order valence-electron chi connectivity index (χ1n) is 18.5. The number of nitro groups is 1. The fourth-order valence-electron chi connectivity index (χ4n) is 7.48. The first-order chi connectivity index (χ1) is 28.1. The van der Waals surface area contributed by atoms with Gasteiger partial charge in [-0.15, -0.1) is 0 Å². The first kappa shape index (κ1) is 33.5. The lowest BCUT2D eigenvalue weighted by atomic mass is 10.0. The molecule has 57 heavy (non-hydrogen) atoms. The van der Waals surface area contributed by atoms with Crippen molar-refractivity contribution in [3.63, 3.8) is 0 Å². The molecule has 0 aliphatic rings. The van der Waals surface area contributed by atoms with Gasteiger partial charge in [0.05, 0.1) is 16.0 Å². The zero-order chi connectivity index (χ0) is 38.3. The summed E-state index contributed by atoms with van der Waals surface area (Å²) in [5.41, 5.74) is 9.15. The van der Waals surface area contributed by atoms with Gasteiger partial charge in [-0.2, -0.15) is 0 Å². The van der Waals surface area contributed by atoms with Gasteiger partial charge in [0, 0.05) is 45.1 Å². The Morgan fingerprint density at radius 3 is 1.60 bits per heavy atom. The molecule has 10 rings (SSSR count). The Morgan fingerprint density at radius 2 is 0.965 bits per heavy atom. The number of rotatable bonds is 8. The number of imidazole rings is 1. The molecule has 0 saturated heterocycles. The van der Waals surface area contributed by atoms with Crippen LogP contribution in [0.3, 0.4) is 0 Å². The molecule has 0 atom stereocenters. The van der Waals surface area contributed by atoms with Crippen molar-refractivity contribution < 1.29 is 4.92 Å². The smallest absolute Gasteiger partial charge is 0.277 e. The van der Waals surface area contributed by atoms with E-state index in [1.54, 1.807) is 18.2 Å². The van der Waals surface area contributed by atoms with Gasteiger partial charge in [-0.1, -0.05) is 140 Å². The summed E-state index contributed by atoms with van der Waals surface area (Å²) in [6.45, 7) is 0. The summed E-state index contributed by atoms with van der Waals surface area (Å²) in [7, 11) is 0. The third-order valence-electron chi connectivity index (χ3n) is 10.1. The highest BCUT2D eigenvalue weighted by Gasteiger charge is 2.25. The lowest BCUT2D eigenvalue weighted by Gasteiger charge is -2.12. The van der Waals surface area contributed by atoms with Gasteiger partial charge in [0.15, 0.2) is 23.1 Å². The number of nitrogens with zero attached hydrogens (tertiary/aromatic N) is 7. The molecule has 3 aromatic heterocycles. The molecule has 270 valence electrons. The number of hydrogen-bond donors (Lipinski definition) is 0. The van der Waals surface area contributed by atoms with E-state index in [0.29, 0.717) is 23.0 Å². The Labute approximate surface area is 327 Å². The highest BCUT2D eigenvalue weighted by Crippen LogP contribution is 2.41. The van der Waals surface area contributed by atoms with Crippen molar-refractivity contribution in [3.8, 4) is 68.1 Å². The maximum absolute atomic E-state index is 12.2. The minimum absolute atomic E-state index is 0.0452. The van der Waals surface area contributed by atoms with Gasteiger partial charge in [0.25, 0.3) is 5.69 Å². The van der Waals surface area contributed by atoms with Crippen LogP contribution < -0.4 is 0 Å². The number of fused-ring (bicyclic) bond motifs is 3. The number of hydrogen-bond acceptors (Lipinski definition) is 6. The van der Waals surface area contributed by atoms with E-state index in [0.717, 1.165) is 67.1 Å². The van der Waals surface area contributed by atoms with Gasteiger partial charge in [-0.3, -0.25) is 19.2 Å². The van der Waals surface area contributed by atoms with Gasteiger partial charge < -0.3 is 0 Å². The van der Waals surface area contributed by atoms with Crippen LogP contribution in [0.1, 0.15) is 0 Å². The standard InChI is InChI=1S/C48H31N7O2/c56-55(57)42-27-14-13-26-39(42)35-28-29-41-40(31-35)43-48(52-47(34-20-9-3-10-21-34)54(43)37-23-11-4-12-24-37)53(41)38-25-15-22-36(30-38)46-50-44(32-16-5-1-6-17-32)49-45(51-46)33-18-7-2-8-19-33/h1-31H. The van der Waals surface area contributed by atoms with E-state index in [1.165, 1.54) is 0 Å². The van der Waals surface area contributed by atoms with Crippen LogP contribution in [0, 0.1) is 10.1 Å². The number of para-hydroxylation sites is 2. The molecule has 0 saturated carbocycles. The molecule has 10 aromatic rings. The average Bonchev–Trinajstić information content (AvgIpc) is 3.82. The molecule has 0 spiro atoms. The van der Waals surface area contributed by atoms with E-state index in [2.05, 4.69) is 45.5 Å². The summed E-state index contributed by atoms with van der Waals surface area (Å²) in [5.74, 6) is 2.47. The minimum atomic E-state index is -0.332. The van der Waals surface area contributed by atoms with Crippen LogP contribution in [0.4, 0.5) is 5.69 Å². The van der Waals surface area contributed by atoms with Crippen molar-refractivity contribution in [1.82, 2.24) is 29.1 Å². The molecule has 0 unspecified atom stereocenters. The van der Waals surface area contributed by atoms with Crippen molar-refractivity contribution in [2.24, 2.45) is 0 Å². The highest BCUT2D eigenvalue weighted by atomic mass is 16.6. The summed E-state index contributed by atoms with van der Waals surface area (Å²) in [4.78, 5) is 32.2. The summed E-state index contributed by atoms with van der Waals surface area (Å²) >= 11 is 0. The topological polar surface area (TPSA) is 105 Å². The lowest BCUT2D eigenvalue weighted by Crippen LogP contribution is -2.01. The molecule has 0 amide bonds. The maximum Gasteiger partial charge on any atom is 0.277 e. The van der Waals surface area contributed by atoms with Gasteiger partial charge in [-0.05, 0) is 48.0 Å². The van der Waals surface area contributed by atoms with Crippen LogP contribution in [0.25, 0.3) is 90.1 Å². The lowest BCUT2D eigenvalue weighted by molar-refractivity contribution is -0.384. The summed E-state index contributed by atoms with van der Waals surface area (Å²) < 4.78 is 4.33. The third kappa shape index (κ3) is 6.00. The number of nitro benzene ring substituents is 1. The predicted molar refractivity (Wildman–Crippen MR) is 225 cm³/mol. The summed E-state index contributed by atoms with van der Waals surface area (Å²) in [5, 5.41) is 13.1. The second-order valence-corrected chi connectivity index (χ2v) is 13.6. The Hall–Kier alpha value is -8.04. The van der Waals surface area contributed by atoms with Crippen molar-refractivity contribution in [1.29, 1.82) is 0 Å². The molecule has 9 heteroatoms. The minimum Gasteiger partial charge on any atom is -0.293 e. The first-order valence-corrected chi connectivity index (χ1v) is 18.5. The van der Waals surface area contributed by atoms with E-state index >= 15 is 0 Å². The second kappa shape index (κ2) is 14.0. The summed E-state index contributed by atoms with van der Waals surface area (Å²) in [6, 6.07) is 61.1. The van der Waals surface area contributed by atoms with Crippen LogP contribution in [0.2, 0.25) is 0 Å². The van der Waals surface area contributed by atoms with Crippen molar-refractivity contribution in [2.45, 2.75) is 0 Å². The fourth-order valence-corrected chi connectivity index (χ4v) is 7.48. The molecule has 0 bridgehead atoms. The van der Waals surface area contributed by atoms with Crippen molar-refractivity contribution in [2.75, 3.05) is 0 Å². The Bertz CT molecular complexity index is 3030. The molecule has 7 aromatic carbocycles. The molecular weight excluding hydrogens is 707 g/mol. The van der Waals surface area contributed by atoms with E-state index in [1.807, 2.05) is 133 Å². The number of benzene rings is 7. The zero-order valence-electron chi connectivity index (χ0n) is 30.3. The molecular formula is C48H31N7O2. The zero-order valence-corrected chi connectivity index (χ0v) is 30.3. The van der Waals surface area contributed by atoms with Gasteiger partial charge in [0.1, 0.15) is 11.3 Å². The molecule has 3 heterocycles. The van der Waals surface area contributed by atoms with Gasteiger partial charge in [-0.25, -0.2) is 19.9 Å². The molecule has 0 aliphatic heterocycles. The van der Waals surface area contributed by atoms with E-state index in [9.17, 15) is 10.1 Å².